The van der Waals surface area contributed by atoms with Gasteiger partial charge in [0.2, 0.25) is 5.91 Å². The summed E-state index contributed by atoms with van der Waals surface area (Å²) in [5, 5.41) is 12.8. The number of hydrogen-bond acceptors (Lipinski definition) is 4. The van der Waals surface area contributed by atoms with E-state index in [0.717, 1.165) is 44.6 Å². The number of aromatic nitrogens is 3. The summed E-state index contributed by atoms with van der Waals surface area (Å²) in [4.78, 5) is 14.4. The number of hydrogen-bond donors (Lipinski definition) is 1. The molecule has 170 valence electrons. The first-order valence-electron chi connectivity index (χ1n) is 12.3. The number of carbonyl (C=O) groups excluding carboxylic acids is 1. The maximum absolute atomic E-state index is 12.4. The van der Waals surface area contributed by atoms with Crippen molar-refractivity contribution in [3.63, 3.8) is 0 Å². The Hall–Kier alpha value is -1.87. The topological polar surface area (TPSA) is 63.1 Å². The number of amides is 1. The van der Waals surface area contributed by atoms with Crippen molar-refractivity contribution in [3.05, 3.63) is 11.6 Å². The summed E-state index contributed by atoms with van der Waals surface area (Å²) in [5.41, 5.74) is 0.399. The van der Waals surface area contributed by atoms with Crippen molar-refractivity contribution in [2.75, 3.05) is 13.1 Å². The molecule has 1 N–H and O–H groups in total. The van der Waals surface area contributed by atoms with Gasteiger partial charge in [0.1, 0.15) is 11.6 Å². The quantitative estimate of drug-likeness (QED) is 0.530. The van der Waals surface area contributed by atoms with Gasteiger partial charge in [0.05, 0.1) is 0 Å². The molecule has 6 nitrogen and oxygen atoms in total. The molecule has 3 atom stereocenters. The molecule has 3 heterocycles. The third-order valence-corrected chi connectivity index (χ3v) is 8.04. The Balaban J connectivity index is 1.31. The van der Waals surface area contributed by atoms with E-state index in [2.05, 4.69) is 51.7 Å². The molecule has 3 aliphatic rings. The molecule has 1 aromatic rings. The zero-order chi connectivity index (χ0) is 22.0. The number of carbonyl (C=O) groups is 1. The van der Waals surface area contributed by atoms with Gasteiger partial charge in [-0.3, -0.25) is 4.79 Å². The normalized spacial score (nSPS) is 26.6. The van der Waals surface area contributed by atoms with E-state index in [4.69, 9.17) is 6.42 Å². The third-order valence-electron chi connectivity index (χ3n) is 8.04. The van der Waals surface area contributed by atoms with Crippen LogP contribution in [-0.4, -0.2) is 50.7 Å². The summed E-state index contributed by atoms with van der Waals surface area (Å²) in [6.07, 6.45) is 15.7. The van der Waals surface area contributed by atoms with Crippen LogP contribution < -0.4 is 5.32 Å². The Labute approximate surface area is 187 Å². The molecule has 1 saturated carbocycles. The van der Waals surface area contributed by atoms with E-state index in [1.165, 1.54) is 31.5 Å². The van der Waals surface area contributed by atoms with Gasteiger partial charge in [0.15, 0.2) is 0 Å². The Morgan fingerprint density at radius 1 is 1.29 bits per heavy atom. The molecule has 6 heteroatoms. The molecule has 0 aromatic carbocycles. The van der Waals surface area contributed by atoms with Crippen molar-refractivity contribution >= 4 is 5.91 Å². The molecule has 2 aliphatic heterocycles. The van der Waals surface area contributed by atoms with E-state index in [-0.39, 0.29) is 5.91 Å². The highest BCUT2D eigenvalue weighted by molar-refractivity contribution is 5.76. The lowest BCUT2D eigenvalue weighted by molar-refractivity contribution is -0.135. The fraction of sp³-hybridized carbons (Fsp3) is 0.800. The van der Waals surface area contributed by atoms with E-state index in [1.807, 2.05) is 0 Å². The van der Waals surface area contributed by atoms with Crippen LogP contribution in [0.1, 0.15) is 102 Å². The van der Waals surface area contributed by atoms with Gasteiger partial charge in [-0.1, -0.05) is 0 Å². The van der Waals surface area contributed by atoms with Crippen LogP contribution in [-0.2, 0) is 4.79 Å². The smallest absolute Gasteiger partial charge is 0.222 e. The largest absolute Gasteiger partial charge is 0.343 e. The molecular formula is C25H39N5O. The molecule has 31 heavy (non-hydrogen) atoms. The van der Waals surface area contributed by atoms with E-state index in [0.29, 0.717) is 42.3 Å². The SMILES string of the molecule is C#CCCCC(=O)N1CCC2(CC1)CC(c1nnc(C)n1C(C)CC1CCC(C)N1)C2. The second kappa shape index (κ2) is 9.32. The lowest BCUT2D eigenvalue weighted by Gasteiger charge is -2.52. The number of nitrogens with one attached hydrogen (secondary N) is 1. The minimum atomic E-state index is 0.278. The molecular weight excluding hydrogens is 386 g/mol. The predicted molar refractivity (Wildman–Crippen MR) is 123 cm³/mol. The van der Waals surface area contributed by atoms with E-state index >= 15 is 0 Å². The summed E-state index contributed by atoms with van der Waals surface area (Å²) in [5.74, 6) is 5.65. The number of aryl methyl sites for hydroxylation is 1. The van der Waals surface area contributed by atoms with Crippen molar-refractivity contribution in [3.8, 4) is 12.3 Å². The number of piperidine rings is 1. The van der Waals surface area contributed by atoms with Gasteiger partial charge < -0.3 is 14.8 Å². The van der Waals surface area contributed by atoms with Crippen LogP contribution in [0.4, 0.5) is 0 Å². The number of terminal acetylenes is 1. The van der Waals surface area contributed by atoms with E-state index in [1.54, 1.807) is 0 Å². The van der Waals surface area contributed by atoms with Crippen LogP contribution in [0, 0.1) is 24.7 Å². The van der Waals surface area contributed by atoms with Gasteiger partial charge in [-0.05, 0) is 77.6 Å². The van der Waals surface area contributed by atoms with Gasteiger partial charge in [-0.2, -0.15) is 0 Å². The monoisotopic (exact) mass is 425 g/mol. The molecule has 3 unspecified atom stereocenters. The Morgan fingerprint density at radius 3 is 2.68 bits per heavy atom. The minimum absolute atomic E-state index is 0.278. The first kappa shape index (κ1) is 22.3. The number of likely N-dealkylation sites (tertiary alicyclic amines) is 1. The van der Waals surface area contributed by atoms with Gasteiger partial charge in [-0.25, -0.2) is 0 Å². The molecule has 1 aliphatic carbocycles. The second-order valence-corrected chi connectivity index (χ2v) is 10.4. The molecule has 0 bridgehead atoms. The molecule has 1 amide bonds. The Morgan fingerprint density at radius 2 is 2.03 bits per heavy atom. The highest BCUT2D eigenvalue weighted by Gasteiger charge is 2.48. The van der Waals surface area contributed by atoms with Gasteiger partial charge in [0, 0.05) is 50.0 Å². The summed E-state index contributed by atoms with van der Waals surface area (Å²) in [6, 6.07) is 1.67. The summed E-state index contributed by atoms with van der Waals surface area (Å²) in [7, 11) is 0. The standard InChI is InChI=1S/C25H39N5O/c1-5-6-7-8-23(31)29-13-11-25(12-14-29)16-21(17-25)24-28-27-20(4)30(24)19(3)15-22-10-9-18(2)26-22/h1,18-19,21-22,26H,6-17H2,2-4H3. The van der Waals surface area contributed by atoms with E-state index in [9.17, 15) is 4.79 Å². The first-order valence-corrected chi connectivity index (χ1v) is 12.3. The number of nitrogens with zero attached hydrogens (tertiary/aromatic N) is 4. The predicted octanol–water partition coefficient (Wildman–Crippen LogP) is 3.97. The van der Waals surface area contributed by atoms with Crippen LogP contribution in [0.3, 0.4) is 0 Å². The molecule has 0 radical (unpaired) electrons. The second-order valence-electron chi connectivity index (χ2n) is 10.4. The molecule has 2 saturated heterocycles. The molecule has 1 spiro atoms. The van der Waals surface area contributed by atoms with Crippen molar-refractivity contribution in [2.24, 2.45) is 5.41 Å². The van der Waals surface area contributed by atoms with Gasteiger partial charge >= 0.3 is 0 Å². The van der Waals surface area contributed by atoms with Crippen LogP contribution in [0.5, 0.6) is 0 Å². The van der Waals surface area contributed by atoms with Crippen LogP contribution in [0.2, 0.25) is 0 Å². The third kappa shape index (κ3) is 4.82. The number of rotatable bonds is 7. The Kier molecular flexibility index (Phi) is 6.71. The van der Waals surface area contributed by atoms with E-state index < -0.39 is 0 Å². The first-order chi connectivity index (χ1) is 14.9. The average Bonchev–Trinajstić information content (AvgIpc) is 3.31. The van der Waals surface area contributed by atoms with Crippen LogP contribution >= 0.6 is 0 Å². The highest BCUT2D eigenvalue weighted by atomic mass is 16.2. The van der Waals surface area contributed by atoms with Crippen molar-refractivity contribution in [1.82, 2.24) is 25.0 Å². The lowest BCUT2D eigenvalue weighted by atomic mass is 9.57. The zero-order valence-corrected chi connectivity index (χ0v) is 19.6. The van der Waals surface area contributed by atoms with Crippen LogP contribution in [0.25, 0.3) is 0 Å². The molecule has 3 fully saturated rings. The molecule has 4 rings (SSSR count). The fourth-order valence-electron chi connectivity index (χ4n) is 6.24. The van der Waals surface area contributed by atoms with Gasteiger partial charge in [0.25, 0.3) is 0 Å². The fourth-order valence-corrected chi connectivity index (χ4v) is 6.24. The summed E-state index contributed by atoms with van der Waals surface area (Å²) in [6.45, 7) is 8.49. The summed E-state index contributed by atoms with van der Waals surface area (Å²) < 4.78 is 2.41. The van der Waals surface area contributed by atoms with Crippen molar-refractivity contribution in [1.29, 1.82) is 0 Å². The zero-order valence-electron chi connectivity index (χ0n) is 19.6. The maximum Gasteiger partial charge on any atom is 0.222 e. The Bertz CT molecular complexity index is 808. The maximum atomic E-state index is 12.4. The summed E-state index contributed by atoms with van der Waals surface area (Å²) >= 11 is 0. The number of unbranched alkanes of at least 4 members (excludes halogenated alkanes) is 1. The average molecular weight is 426 g/mol. The lowest BCUT2D eigenvalue weighted by Crippen LogP contribution is -2.48. The van der Waals surface area contributed by atoms with Gasteiger partial charge in [-0.15, -0.1) is 22.5 Å². The van der Waals surface area contributed by atoms with Crippen molar-refractivity contribution in [2.45, 2.75) is 109 Å². The van der Waals surface area contributed by atoms with Crippen molar-refractivity contribution < 1.29 is 4.79 Å². The minimum Gasteiger partial charge on any atom is -0.343 e. The molecule has 1 aromatic heterocycles. The van der Waals surface area contributed by atoms with Crippen LogP contribution in [0.15, 0.2) is 0 Å². The highest BCUT2D eigenvalue weighted by Crippen LogP contribution is 2.56.